The Balaban J connectivity index is 1.26. The molecule has 10 heteroatoms. The van der Waals surface area contributed by atoms with Gasteiger partial charge in [0.15, 0.2) is 0 Å². The van der Waals surface area contributed by atoms with Gasteiger partial charge in [-0.05, 0) is 46.5 Å². The van der Waals surface area contributed by atoms with E-state index in [1.165, 1.54) is 0 Å². The maximum atomic E-state index is 14.9. The van der Waals surface area contributed by atoms with Gasteiger partial charge < -0.3 is 32.7 Å². The fraction of sp³-hybridized carbons (Fsp3) is 0.217. The largest absolute Gasteiger partial charge is 0.590 e. The van der Waals surface area contributed by atoms with E-state index in [1.807, 2.05) is 133 Å². The molecule has 0 aliphatic carbocycles. The highest BCUT2D eigenvalue weighted by Gasteiger charge is 2.52. The van der Waals surface area contributed by atoms with Crippen LogP contribution in [0.4, 0.5) is 0 Å². The normalized spacial score (nSPS) is 19.6. The third kappa shape index (κ3) is 11.5. The van der Waals surface area contributed by atoms with Crippen LogP contribution in [0, 0.1) is 0 Å². The Morgan fingerprint density at radius 2 is 0.786 bits per heavy atom. The second kappa shape index (κ2) is 20.2. The van der Waals surface area contributed by atoms with Crippen LogP contribution in [-0.2, 0) is 59.2 Å². The van der Waals surface area contributed by atoms with Crippen LogP contribution < -0.4 is 9.05 Å². The molecule has 7 rings (SSSR count). The van der Waals surface area contributed by atoms with Gasteiger partial charge in [-0.1, -0.05) is 158 Å². The number of phosphoric ester groups is 1. The van der Waals surface area contributed by atoms with Crippen LogP contribution in [0.15, 0.2) is 182 Å². The summed E-state index contributed by atoms with van der Waals surface area (Å²) in [5, 5.41) is 0. The van der Waals surface area contributed by atoms with Crippen LogP contribution in [0.3, 0.4) is 0 Å². The molecule has 1 heterocycles. The second-order valence-electron chi connectivity index (χ2n) is 13.2. The average molecular weight is 773 g/mol. The smallest absolute Gasteiger partial charge is 0.395 e. The number of benzene rings is 6. The zero-order valence-corrected chi connectivity index (χ0v) is 31.8. The summed E-state index contributed by atoms with van der Waals surface area (Å²) in [6.07, 6.45) is -4.63. The molecule has 0 radical (unpaired) electrons. The molecule has 56 heavy (non-hydrogen) atoms. The van der Waals surface area contributed by atoms with Crippen molar-refractivity contribution in [2.75, 3.05) is 6.61 Å². The minimum atomic E-state index is -4.49. The van der Waals surface area contributed by atoms with E-state index >= 15 is 0 Å². The highest BCUT2D eigenvalue weighted by Crippen LogP contribution is 2.52. The molecule has 0 N–H and O–H groups in total. The van der Waals surface area contributed by atoms with Gasteiger partial charge in [0.05, 0.1) is 33.0 Å². The molecule has 288 valence electrons. The van der Waals surface area contributed by atoms with Crippen molar-refractivity contribution in [2.45, 2.75) is 57.1 Å². The van der Waals surface area contributed by atoms with Crippen LogP contribution in [-0.4, -0.2) is 37.3 Å². The first kappa shape index (κ1) is 39.2. The fourth-order valence-electron chi connectivity index (χ4n) is 6.24. The third-order valence-corrected chi connectivity index (χ3v) is 10.3. The summed E-state index contributed by atoms with van der Waals surface area (Å²) in [6.45, 7) is 1.08. The van der Waals surface area contributed by atoms with Gasteiger partial charge in [0.1, 0.15) is 35.9 Å². The number of hydrogen-bond donors (Lipinski definition) is 0. The zero-order chi connectivity index (χ0) is 38.3. The van der Waals surface area contributed by atoms with Gasteiger partial charge in [0.25, 0.3) is 0 Å². The molecule has 1 saturated heterocycles. The molecule has 6 aromatic rings. The first-order valence-corrected chi connectivity index (χ1v) is 20.1. The SMILES string of the molecule is O=P(Oc1ccccc1)(Oc1ccccc1)OC1O[C@H](COCc2ccccc2)[C@@H](OCc2ccccc2)[C@H](OCc2ccccc2)[C@H]1OCc1ccccc1. The van der Waals surface area contributed by atoms with E-state index in [1.54, 1.807) is 48.5 Å². The van der Waals surface area contributed by atoms with Gasteiger partial charge in [0.2, 0.25) is 6.29 Å². The molecular formula is C46H45O9P. The summed E-state index contributed by atoms with van der Waals surface area (Å²) in [4.78, 5) is 0. The summed E-state index contributed by atoms with van der Waals surface area (Å²) in [7, 11) is -4.49. The predicted molar refractivity (Wildman–Crippen MR) is 213 cm³/mol. The molecule has 0 spiro atoms. The summed E-state index contributed by atoms with van der Waals surface area (Å²) < 4.78 is 66.8. The van der Waals surface area contributed by atoms with E-state index in [0.717, 1.165) is 22.3 Å². The summed E-state index contributed by atoms with van der Waals surface area (Å²) in [5.41, 5.74) is 3.82. The highest BCUT2D eigenvalue weighted by molar-refractivity contribution is 7.49. The monoisotopic (exact) mass is 772 g/mol. The average Bonchev–Trinajstić information content (AvgIpc) is 3.24. The maximum absolute atomic E-state index is 14.9. The number of para-hydroxylation sites is 2. The van der Waals surface area contributed by atoms with Crippen molar-refractivity contribution in [1.29, 1.82) is 0 Å². The van der Waals surface area contributed by atoms with Crippen LogP contribution in [0.1, 0.15) is 22.3 Å². The van der Waals surface area contributed by atoms with Gasteiger partial charge in [-0.2, -0.15) is 0 Å². The standard InChI is InChI=1S/C46H45O9P/c47-56(53-40-27-15-5-16-28-40,54-41-29-17-6-18-30-41)55-46-45(51-34-39-25-13-4-14-26-39)44(50-33-38-23-11-3-12-24-38)43(49-32-37-21-9-2-10-22-37)42(52-46)35-48-31-36-19-7-1-8-20-36/h1-30,42-46H,31-35H2/t42-,43-,44+,45-,46?/m1/s1. The number of hydrogen-bond acceptors (Lipinski definition) is 9. The Morgan fingerprint density at radius 3 is 1.21 bits per heavy atom. The van der Waals surface area contributed by atoms with Crippen molar-refractivity contribution in [3.63, 3.8) is 0 Å². The van der Waals surface area contributed by atoms with E-state index in [9.17, 15) is 4.57 Å². The lowest BCUT2D eigenvalue weighted by Gasteiger charge is -2.46. The molecule has 1 aliphatic heterocycles. The molecule has 0 saturated carbocycles. The molecule has 1 unspecified atom stereocenters. The first-order valence-electron chi connectivity index (χ1n) is 18.6. The molecule has 0 amide bonds. The van der Waals surface area contributed by atoms with Gasteiger partial charge in [0, 0.05) is 0 Å². The minimum absolute atomic E-state index is 0.0915. The third-order valence-electron chi connectivity index (χ3n) is 8.99. The molecule has 0 aromatic heterocycles. The van der Waals surface area contributed by atoms with E-state index in [0.29, 0.717) is 6.61 Å². The van der Waals surface area contributed by atoms with Crippen molar-refractivity contribution in [3.8, 4) is 11.5 Å². The van der Waals surface area contributed by atoms with Crippen LogP contribution in [0.2, 0.25) is 0 Å². The van der Waals surface area contributed by atoms with Crippen molar-refractivity contribution in [1.82, 2.24) is 0 Å². The molecule has 6 aromatic carbocycles. The fourth-order valence-corrected chi connectivity index (χ4v) is 7.55. The van der Waals surface area contributed by atoms with E-state index in [4.69, 9.17) is 37.3 Å². The van der Waals surface area contributed by atoms with Crippen molar-refractivity contribution >= 4 is 7.82 Å². The lowest BCUT2D eigenvalue weighted by atomic mass is 9.98. The van der Waals surface area contributed by atoms with Gasteiger partial charge in [-0.15, -0.1) is 0 Å². The predicted octanol–water partition coefficient (Wildman–Crippen LogP) is 9.97. The topological polar surface area (TPSA) is 90.9 Å². The summed E-state index contributed by atoms with van der Waals surface area (Å²) in [6, 6.07) is 56.8. The Labute approximate surface area is 328 Å². The minimum Gasteiger partial charge on any atom is -0.395 e. The highest BCUT2D eigenvalue weighted by atomic mass is 31.2. The molecule has 1 aliphatic rings. The van der Waals surface area contributed by atoms with Crippen molar-refractivity contribution in [2.24, 2.45) is 0 Å². The van der Waals surface area contributed by atoms with Gasteiger partial charge in [-0.3, -0.25) is 0 Å². The van der Waals surface area contributed by atoms with Crippen LogP contribution in [0.5, 0.6) is 11.5 Å². The Bertz CT molecular complexity index is 2000. The second-order valence-corrected chi connectivity index (χ2v) is 14.7. The molecular weight excluding hydrogens is 727 g/mol. The number of rotatable bonds is 19. The Morgan fingerprint density at radius 1 is 0.429 bits per heavy atom. The van der Waals surface area contributed by atoms with Crippen molar-refractivity contribution in [3.05, 3.63) is 204 Å². The van der Waals surface area contributed by atoms with E-state index < -0.39 is 38.5 Å². The lowest BCUT2D eigenvalue weighted by molar-refractivity contribution is -0.312. The van der Waals surface area contributed by atoms with Crippen LogP contribution >= 0.6 is 7.82 Å². The summed E-state index contributed by atoms with van der Waals surface area (Å²) in [5.74, 6) is 0.570. The zero-order valence-electron chi connectivity index (χ0n) is 30.9. The number of phosphoric acid groups is 1. The first-order chi connectivity index (χ1) is 27.6. The number of ether oxygens (including phenoxy) is 5. The molecule has 0 bridgehead atoms. The quantitative estimate of drug-likeness (QED) is 0.0747. The van der Waals surface area contributed by atoms with E-state index in [-0.39, 0.29) is 37.9 Å². The summed E-state index contributed by atoms with van der Waals surface area (Å²) >= 11 is 0. The van der Waals surface area contributed by atoms with Gasteiger partial charge in [-0.25, -0.2) is 9.09 Å². The van der Waals surface area contributed by atoms with E-state index in [2.05, 4.69) is 0 Å². The maximum Gasteiger partial charge on any atom is 0.590 e. The van der Waals surface area contributed by atoms with Crippen LogP contribution in [0.25, 0.3) is 0 Å². The molecule has 1 fully saturated rings. The van der Waals surface area contributed by atoms with Gasteiger partial charge >= 0.3 is 7.82 Å². The van der Waals surface area contributed by atoms with Crippen molar-refractivity contribution < 1.29 is 41.8 Å². The molecule has 9 nitrogen and oxygen atoms in total. The Kier molecular flexibility index (Phi) is 14.1. The molecule has 5 atom stereocenters. The Hall–Kier alpha value is -5.09. The lowest BCUT2D eigenvalue weighted by Crippen LogP contribution is -2.61.